The Labute approximate surface area is 196 Å². The molecule has 168 valence electrons. The third kappa shape index (κ3) is 4.52. The number of hydrogen-bond donors (Lipinski definition) is 1. The van der Waals surface area contributed by atoms with E-state index in [9.17, 15) is 14.0 Å². The van der Waals surface area contributed by atoms with Crippen molar-refractivity contribution >= 4 is 28.8 Å². The molecule has 0 radical (unpaired) electrons. The number of hydrogen-bond acceptors (Lipinski definition) is 3. The van der Waals surface area contributed by atoms with Crippen molar-refractivity contribution in [3.05, 3.63) is 119 Å². The van der Waals surface area contributed by atoms with Crippen LogP contribution in [0.25, 0.3) is 16.8 Å². The van der Waals surface area contributed by atoms with Crippen LogP contribution in [0.4, 0.5) is 9.18 Å². The first-order valence-electron chi connectivity index (χ1n) is 10.9. The molecule has 4 aromatic carbocycles. The quantitative estimate of drug-likeness (QED) is 0.304. The van der Waals surface area contributed by atoms with E-state index in [0.29, 0.717) is 12.4 Å². The largest absolute Gasteiger partial charge is 0.489 e. The molecule has 1 N–H and O–H groups in total. The first-order chi connectivity index (χ1) is 16.6. The van der Waals surface area contributed by atoms with Crippen LogP contribution >= 0.6 is 0 Å². The molecule has 1 fully saturated rings. The topological polar surface area (TPSA) is 58.6 Å². The Bertz CT molecular complexity index is 1410. The molecule has 1 heterocycles. The Morgan fingerprint density at radius 3 is 2.38 bits per heavy atom. The van der Waals surface area contributed by atoms with Crippen LogP contribution in [-0.4, -0.2) is 16.8 Å². The van der Waals surface area contributed by atoms with Crippen molar-refractivity contribution in [2.45, 2.75) is 13.2 Å². The third-order valence-electron chi connectivity index (χ3n) is 5.66. The standard InChI is InChI=1S/C28H21FN2O3/c29-25-8-4-3-7-23(25)17-31-27(32)26(30-28(31)33)16-19-10-13-24(14-11-19)34-18-20-9-12-21-5-1-2-6-22(21)15-20/h1-16H,17-18H2,(H,30,33)/b26-16+. The van der Waals surface area contributed by atoms with Gasteiger partial charge in [0.2, 0.25) is 0 Å². The molecule has 4 aromatic rings. The highest BCUT2D eigenvalue weighted by Gasteiger charge is 2.33. The van der Waals surface area contributed by atoms with Gasteiger partial charge in [0.15, 0.2) is 0 Å². The summed E-state index contributed by atoms with van der Waals surface area (Å²) in [4.78, 5) is 25.9. The average molecular weight is 452 g/mol. The lowest BCUT2D eigenvalue weighted by molar-refractivity contribution is -0.123. The monoisotopic (exact) mass is 452 g/mol. The van der Waals surface area contributed by atoms with E-state index in [1.54, 1.807) is 24.3 Å². The van der Waals surface area contributed by atoms with Crippen LogP contribution in [0.2, 0.25) is 0 Å². The molecule has 5 rings (SSSR count). The number of carbonyl (C=O) groups excluding carboxylic acids is 2. The summed E-state index contributed by atoms with van der Waals surface area (Å²) in [6, 6.07) is 27.1. The van der Waals surface area contributed by atoms with E-state index in [-0.39, 0.29) is 17.8 Å². The summed E-state index contributed by atoms with van der Waals surface area (Å²) in [6.07, 6.45) is 1.59. The van der Waals surface area contributed by atoms with Gasteiger partial charge in [0, 0.05) is 5.56 Å². The van der Waals surface area contributed by atoms with Gasteiger partial charge in [-0.05, 0) is 52.2 Å². The number of urea groups is 1. The summed E-state index contributed by atoms with van der Waals surface area (Å²) >= 11 is 0. The van der Waals surface area contributed by atoms with Crippen LogP contribution < -0.4 is 10.1 Å². The maximum absolute atomic E-state index is 13.9. The Morgan fingerprint density at radius 2 is 1.59 bits per heavy atom. The van der Waals surface area contributed by atoms with Crippen molar-refractivity contribution < 1.29 is 18.7 Å². The number of amides is 3. The van der Waals surface area contributed by atoms with Gasteiger partial charge in [0.05, 0.1) is 6.54 Å². The summed E-state index contributed by atoms with van der Waals surface area (Å²) in [7, 11) is 0. The minimum atomic E-state index is -0.574. The normalized spacial score (nSPS) is 14.6. The molecule has 0 aromatic heterocycles. The molecule has 6 heteroatoms. The molecule has 5 nitrogen and oxygen atoms in total. The number of imide groups is 1. The van der Waals surface area contributed by atoms with Crippen LogP contribution in [0, 0.1) is 5.82 Å². The zero-order chi connectivity index (χ0) is 23.5. The highest BCUT2D eigenvalue weighted by molar-refractivity contribution is 6.13. The SMILES string of the molecule is O=C1N/C(=C/c2ccc(OCc3ccc4ccccc4c3)cc2)C(=O)N1Cc1ccccc1F. The van der Waals surface area contributed by atoms with Gasteiger partial charge in [-0.25, -0.2) is 9.18 Å². The molecule has 1 saturated heterocycles. The van der Waals surface area contributed by atoms with Crippen molar-refractivity contribution in [1.82, 2.24) is 10.2 Å². The molecular weight excluding hydrogens is 431 g/mol. The number of nitrogens with one attached hydrogen (secondary N) is 1. The summed E-state index contributed by atoms with van der Waals surface area (Å²) in [6.45, 7) is 0.307. The van der Waals surface area contributed by atoms with Crippen LogP contribution in [0.5, 0.6) is 5.75 Å². The molecule has 0 spiro atoms. The van der Waals surface area contributed by atoms with E-state index in [2.05, 4.69) is 29.6 Å². The second-order valence-electron chi connectivity index (χ2n) is 8.01. The number of fused-ring (bicyclic) bond motifs is 1. The van der Waals surface area contributed by atoms with Crippen LogP contribution in [0.1, 0.15) is 16.7 Å². The first kappa shape index (κ1) is 21.4. The lowest BCUT2D eigenvalue weighted by atomic mass is 10.1. The fourth-order valence-corrected chi connectivity index (χ4v) is 3.83. The van der Waals surface area contributed by atoms with E-state index in [4.69, 9.17) is 4.74 Å². The molecule has 1 aliphatic rings. The molecule has 0 aliphatic carbocycles. The Hall–Kier alpha value is -4.45. The van der Waals surface area contributed by atoms with Gasteiger partial charge in [0.25, 0.3) is 5.91 Å². The highest BCUT2D eigenvalue weighted by atomic mass is 19.1. The molecule has 0 atom stereocenters. The van der Waals surface area contributed by atoms with E-state index < -0.39 is 17.8 Å². The molecule has 34 heavy (non-hydrogen) atoms. The summed E-state index contributed by atoms with van der Waals surface area (Å²) in [5.41, 5.74) is 2.22. The van der Waals surface area contributed by atoms with Gasteiger partial charge in [-0.2, -0.15) is 0 Å². The minimum Gasteiger partial charge on any atom is -0.489 e. The fraction of sp³-hybridized carbons (Fsp3) is 0.0714. The molecular formula is C28H21FN2O3. The molecule has 0 unspecified atom stereocenters. The third-order valence-corrected chi connectivity index (χ3v) is 5.66. The Kier molecular flexibility index (Phi) is 5.79. The maximum atomic E-state index is 13.9. The number of carbonyl (C=O) groups is 2. The van der Waals surface area contributed by atoms with Gasteiger partial charge in [-0.15, -0.1) is 0 Å². The van der Waals surface area contributed by atoms with E-state index >= 15 is 0 Å². The minimum absolute atomic E-state index is 0.129. The number of rotatable bonds is 6. The zero-order valence-corrected chi connectivity index (χ0v) is 18.2. The van der Waals surface area contributed by atoms with E-state index in [0.717, 1.165) is 21.4 Å². The fourth-order valence-electron chi connectivity index (χ4n) is 3.83. The summed E-state index contributed by atoms with van der Waals surface area (Å²) < 4.78 is 19.8. The number of nitrogens with zero attached hydrogens (tertiary/aromatic N) is 1. The highest BCUT2D eigenvalue weighted by Crippen LogP contribution is 2.21. The zero-order valence-electron chi connectivity index (χ0n) is 18.2. The van der Waals surface area contributed by atoms with Crippen molar-refractivity contribution in [2.75, 3.05) is 0 Å². The van der Waals surface area contributed by atoms with Gasteiger partial charge in [-0.3, -0.25) is 9.69 Å². The maximum Gasteiger partial charge on any atom is 0.329 e. The second kappa shape index (κ2) is 9.19. The second-order valence-corrected chi connectivity index (χ2v) is 8.01. The van der Waals surface area contributed by atoms with Gasteiger partial charge in [0.1, 0.15) is 23.9 Å². The lowest BCUT2D eigenvalue weighted by Crippen LogP contribution is -2.30. The van der Waals surface area contributed by atoms with Gasteiger partial charge < -0.3 is 10.1 Å². The Morgan fingerprint density at radius 1 is 0.853 bits per heavy atom. The molecule has 0 bridgehead atoms. The van der Waals surface area contributed by atoms with Crippen LogP contribution in [0.3, 0.4) is 0 Å². The predicted octanol–water partition coefficient (Wildman–Crippen LogP) is 5.65. The lowest BCUT2D eigenvalue weighted by Gasteiger charge is -2.12. The van der Waals surface area contributed by atoms with Gasteiger partial charge >= 0.3 is 6.03 Å². The van der Waals surface area contributed by atoms with Crippen LogP contribution in [-0.2, 0) is 17.9 Å². The molecule has 3 amide bonds. The molecule has 0 saturated carbocycles. The van der Waals surface area contributed by atoms with Crippen molar-refractivity contribution in [1.29, 1.82) is 0 Å². The summed E-state index contributed by atoms with van der Waals surface area (Å²) in [5.74, 6) is -0.261. The van der Waals surface area contributed by atoms with E-state index in [1.165, 1.54) is 11.5 Å². The number of halogens is 1. The number of ether oxygens (including phenoxy) is 1. The number of benzene rings is 4. The first-order valence-corrected chi connectivity index (χ1v) is 10.9. The molecule has 1 aliphatic heterocycles. The average Bonchev–Trinajstić information content (AvgIpc) is 3.12. The van der Waals surface area contributed by atoms with Crippen LogP contribution in [0.15, 0.2) is 96.7 Å². The van der Waals surface area contributed by atoms with Crippen molar-refractivity contribution in [3.63, 3.8) is 0 Å². The summed E-state index contributed by atoms with van der Waals surface area (Å²) in [5, 5.41) is 4.91. The van der Waals surface area contributed by atoms with Crippen molar-refractivity contribution in [2.24, 2.45) is 0 Å². The predicted molar refractivity (Wildman–Crippen MR) is 128 cm³/mol. The smallest absolute Gasteiger partial charge is 0.329 e. The van der Waals surface area contributed by atoms with Crippen molar-refractivity contribution in [3.8, 4) is 5.75 Å². The van der Waals surface area contributed by atoms with E-state index in [1.807, 2.05) is 42.5 Å². The Balaban J connectivity index is 1.24. The van der Waals surface area contributed by atoms with Gasteiger partial charge in [-0.1, -0.05) is 66.7 Å².